The fraction of sp³-hybridized carbons (Fsp3) is 0.409. The molecule has 35 heavy (non-hydrogen) atoms. The zero-order valence-corrected chi connectivity index (χ0v) is 19.0. The van der Waals surface area contributed by atoms with Crippen molar-refractivity contribution in [3.8, 4) is 0 Å². The van der Waals surface area contributed by atoms with Crippen LogP contribution in [-0.2, 0) is 30.4 Å². The largest absolute Gasteiger partial charge is 0.481 e. The molecule has 4 atom stereocenters. The van der Waals surface area contributed by atoms with E-state index in [4.69, 9.17) is 10.8 Å². The van der Waals surface area contributed by atoms with Gasteiger partial charge in [0, 0.05) is 29.9 Å². The summed E-state index contributed by atoms with van der Waals surface area (Å²) in [6.07, 6.45) is -0.238. The summed E-state index contributed by atoms with van der Waals surface area (Å²) in [7, 11) is 0. The van der Waals surface area contributed by atoms with Gasteiger partial charge in [-0.1, -0.05) is 18.2 Å². The summed E-state index contributed by atoms with van der Waals surface area (Å²) >= 11 is 0. The van der Waals surface area contributed by atoms with Crippen LogP contribution in [0.25, 0.3) is 10.9 Å². The van der Waals surface area contributed by atoms with Crippen LogP contribution in [0.15, 0.2) is 30.5 Å². The molecule has 0 spiro atoms. The highest BCUT2D eigenvalue weighted by atomic mass is 16.4. The predicted molar refractivity (Wildman–Crippen MR) is 123 cm³/mol. The Morgan fingerprint density at radius 3 is 2.37 bits per heavy atom. The van der Waals surface area contributed by atoms with Gasteiger partial charge in [0.1, 0.15) is 12.1 Å². The predicted octanol–water partition coefficient (Wildman–Crippen LogP) is -1.55. The Morgan fingerprint density at radius 1 is 1.06 bits per heavy atom. The van der Waals surface area contributed by atoms with E-state index in [9.17, 15) is 34.2 Å². The molecular formula is C22H29N5O8. The van der Waals surface area contributed by atoms with Crippen LogP contribution in [0.3, 0.4) is 0 Å². The molecule has 0 fully saturated rings. The average molecular weight is 492 g/mol. The van der Waals surface area contributed by atoms with Gasteiger partial charge in [-0.2, -0.15) is 0 Å². The zero-order valence-electron chi connectivity index (χ0n) is 19.0. The topological polar surface area (TPSA) is 224 Å². The first-order chi connectivity index (χ1) is 16.5. The number of aromatic nitrogens is 1. The SMILES string of the molecule is CC(O)C(NC(=O)CNC(=O)C(N)CCC(=O)O)C(=O)NC(Cc1c[nH]c2ccccc12)C(=O)O. The summed E-state index contributed by atoms with van der Waals surface area (Å²) < 4.78 is 0. The molecule has 0 aliphatic heterocycles. The fourth-order valence-corrected chi connectivity index (χ4v) is 3.32. The van der Waals surface area contributed by atoms with Crippen molar-refractivity contribution in [2.75, 3.05) is 6.54 Å². The van der Waals surface area contributed by atoms with Gasteiger partial charge in [-0.05, 0) is 25.0 Å². The van der Waals surface area contributed by atoms with Crippen molar-refractivity contribution >= 4 is 40.6 Å². The molecule has 2 rings (SSSR count). The standard InChI is InChI=1S/C22H29N5O8/c1-11(28)19(27-17(29)10-25-20(32)14(23)6-7-18(30)31)21(33)26-16(22(34)35)8-12-9-24-15-5-3-2-4-13(12)15/h2-5,9,11,14,16,19,24,28H,6-8,10,23H2,1H3,(H,25,32)(H,26,33)(H,27,29)(H,30,31)(H,34,35). The van der Waals surface area contributed by atoms with Gasteiger partial charge >= 0.3 is 11.9 Å². The lowest BCUT2D eigenvalue weighted by atomic mass is 10.0. The monoisotopic (exact) mass is 491 g/mol. The number of carboxylic acids is 2. The number of H-pyrrole nitrogens is 1. The number of aliphatic hydroxyl groups excluding tert-OH is 1. The number of hydrogen-bond donors (Lipinski definition) is 8. The first-order valence-corrected chi connectivity index (χ1v) is 10.8. The van der Waals surface area contributed by atoms with E-state index in [-0.39, 0.29) is 19.3 Å². The Labute approximate surface area is 200 Å². The van der Waals surface area contributed by atoms with E-state index in [0.717, 1.165) is 10.9 Å². The molecule has 0 saturated heterocycles. The Bertz CT molecular complexity index is 1080. The second-order valence-corrected chi connectivity index (χ2v) is 8.01. The van der Waals surface area contributed by atoms with E-state index >= 15 is 0 Å². The third kappa shape index (κ3) is 8.08. The Balaban J connectivity index is 1.97. The molecule has 13 nitrogen and oxygen atoms in total. The maximum absolute atomic E-state index is 12.7. The van der Waals surface area contributed by atoms with Crippen LogP contribution in [0.5, 0.6) is 0 Å². The van der Waals surface area contributed by atoms with Crippen LogP contribution >= 0.6 is 0 Å². The maximum Gasteiger partial charge on any atom is 0.326 e. The smallest absolute Gasteiger partial charge is 0.326 e. The van der Waals surface area contributed by atoms with Crippen LogP contribution in [0.1, 0.15) is 25.3 Å². The number of nitrogens with two attached hydrogens (primary N) is 1. The normalized spacial score (nSPS) is 14.4. The van der Waals surface area contributed by atoms with Crippen LogP contribution < -0.4 is 21.7 Å². The number of fused-ring (bicyclic) bond motifs is 1. The van der Waals surface area contributed by atoms with Gasteiger partial charge in [-0.25, -0.2) is 4.79 Å². The number of nitrogens with one attached hydrogen (secondary N) is 4. The van der Waals surface area contributed by atoms with Crippen molar-refractivity contribution in [1.82, 2.24) is 20.9 Å². The second-order valence-electron chi connectivity index (χ2n) is 8.01. The Hall–Kier alpha value is -3.97. The number of aliphatic carboxylic acids is 2. The molecule has 9 N–H and O–H groups in total. The number of carbonyl (C=O) groups excluding carboxylic acids is 3. The van der Waals surface area contributed by atoms with Crippen molar-refractivity contribution in [3.63, 3.8) is 0 Å². The lowest BCUT2D eigenvalue weighted by Crippen LogP contribution is -2.57. The molecule has 190 valence electrons. The molecular weight excluding hydrogens is 462 g/mol. The molecule has 1 aromatic carbocycles. The van der Waals surface area contributed by atoms with Gasteiger partial charge in [-0.3, -0.25) is 19.2 Å². The number of hydrogen-bond acceptors (Lipinski definition) is 7. The van der Waals surface area contributed by atoms with Gasteiger partial charge in [0.05, 0.1) is 18.7 Å². The van der Waals surface area contributed by atoms with Crippen molar-refractivity contribution in [2.24, 2.45) is 5.73 Å². The number of carbonyl (C=O) groups is 5. The molecule has 0 saturated carbocycles. The molecule has 0 bridgehead atoms. The van der Waals surface area contributed by atoms with Crippen molar-refractivity contribution in [1.29, 1.82) is 0 Å². The van der Waals surface area contributed by atoms with Crippen LogP contribution in [-0.4, -0.2) is 80.7 Å². The number of carboxylic acid groups (broad SMARTS) is 2. The zero-order chi connectivity index (χ0) is 26.1. The quantitative estimate of drug-likeness (QED) is 0.162. The summed E-state index contributed by atoms with van der Waals surface area (Å²) in [6.45, 7) is 0.647. The fourth-order valence-electron chi connectivity index (χ4n) is 3.32. The summed E-state index contributed by atoms with van der Waals surface area (Å²) in [5.41, 5.74) is 7.02. The van der Waals surface area contributed by atoms with Crippen LogP contribution in [0.4, 0.5) is 0 Å². The van der Waals surface area contributed by atoms with Gasteiger partial charge in [0.15, 0.2) is 0 Å². The van der Waals surface area contributed by atoms with Gasteiger partial charge < -0.3 is 42.0 Å². The van der Waals surface area contributed by atoms with E-state index in [1.54, 1.807) is 12.3 Å². The van der Waals surface area contributed by atoms with Crippen LogP contribution in [0.2, 0.25) is 0 Å². The third-order valence-electron chi connectivity index (χ3n) is 5.22. The molecule has 13 heteroatoms. The Morgan fingerprint density at radius 2 is 1.74 bits per heavy atom. The number of amides is 3. The van der Waals surface area contributed by atoms with Gasteiger partial charge in [0.25, 0.3) is 0 Å². The van der Waals surface area contributed by atoms with Crippen molar-refractivity contribution in [3.05, 3.63) is 36.0 Å². The number of aromatic amines is 1. The van der Waals surface area contributed by atoms with E-state index in [1.165, 1.54) is 6.92 Å². The van der Waals surface area contributed by atoms with E-state index < -0.39 is 60.4 Å². The van der Waals surface area contributed by atoms with Gasteiger partial charge in [0.2, 0.25) is 17.7 Å². The first-order valence-electron chi connectivity index (χ1n) is 10.8. The average Bonchev–Trinajstić information content (AvgIpc) is 3.21. The van der Waals surface area contributed by atoms with Gasteiger partial charge in [-0.15, -0.1) is 0 Å². The molecule has 3 amide bonds. The number of benzene rings is 1. The molecule has 0 aliphatic carbocycles. The minimum absolute atomic E-state index is 0.0458. The minimum Gasteiger partial charge on any atom is -0.481 e. The Kier molecular flexibility index (Phi) is 9.73. The van der Waals surface area contributed by atoms with E-state index in [0.29, 0.717) is 5.56 Å². The molecule has 1 heterocycles. The first kappa shape index (κ1) is 27.3. The molecule has 4 unspecified atom stereocenters. The summed E-state index contributed by atoms with van der Waals surface area (Å²) in [5.74, 6) is -4.95. The lowest BCUT2D eigenvalue weighted by Gasteiger charge is -2.23. The van der Waals surface area contributed by atoms with E-state index in [1.807, 2.05) is 18.2 Å². The number of aliphatic hydroxyl groups is 1. The third-order valence-corrected chi connectivity index (χ3v) is 5.22. The molecule has 0 radical (unpaired) electrons. The number of para-hydroxylation sites is 1. The summed E-state index contributed by atoms with van der Waals surface area (Å²) in [5, 5.41) is 35.8. The van der Waals surface area contributed by atoms with Crippen LogP contribution in [0, 0.1) is 0 Å². The highest BCUT2D eigenvalue weighted by molar-refractivity contribution is 5.93. The summed E-state index contributed by atoms with van der Waals surface area (Å²) in [4.78, 5) is 62.1. The lowest BCUT2D eigenvalue weighted by molar-refractivity contribution is -0.143. The highest BCUT2D eigenvalue weighted by Gasteiger charge is 2.30. The number of rotatable bonds is 13. The molecule has 2 aromatic rings. The van der Waals surface area contributed by atoms with Crippen molar-refractivity contribution < 1.29 is 39.3 Å². The molecule has 0 aliphatic rings. The van der Waals surface area contributed by atoms with Crippen molar-refractivity contribution in [2.45, 2.75) is 50.4 Å². The summed E-state index contributed by atoms with van der Waals surface area (Å²) in [6, 6.07) is 3.27. The maximum atomic E-state index is 12.7. The highest BCUT2D eigenvalue weighted by Crippen LogP contribution is 2.19. The second kappa shape index (κ2) is 12.5. The molecule has 1 aromatic heterocycles. The minimum atomic E-state index is -1.50. The van der Waals surface area contributed by atoms with E-state index in [2.05, 4.69) is 20.9 Å².